The van der Waals surface area contributed by atoms with Gasteiger partial charge in [-0.05, 0) is 87.0 Å². The fourth-order valence-corrected chi connectivity index (χ4v) is 7.30. The van der Waals surface area contributed by atoms with Gasteiger partial charge in [0.15, 0.2) is 17.5 Å². The van der Waals surface area contributed by atoms with Crippen LogP contribution in [-0.2, 0) is 0 Å². The van der Waals surface area contributed by atoms with E-state index in [-0.39, 0.29) is 0 Å². The summed E-state index contributed by atoms with van der Waals surface area (Å²) in [6.07, 6.45) is 0. The maximum atomic E-state index is 6.18. The van der Waals surface area contributed by atoms with Gasteiger partial charge in [0.25, 0.3) is 0 Å². The minimum absolute atomic E-state index is 0.603. The Balaban J connectivity index is 1.16. The molecule has 0 fully saturated rings. The zero-order chi connectivity index (χ0) is 36.6. The topological polar surface area (TPSA) is 51.8 Å². The maximum absolute atomic E-state index is 6.18. The number of benzene rings is 8. The molecular formula is C51H33N3O. The van der Waals surface area contributed by atoms with E-state index in [0.29, 0.717) is 17.5 Å². The van der Waals surface area contributed by atoms with Crippen molar-refractivity contribution in [2.24, 2.45) is 0 Å². The molecule has 258 valence electrons. The van der Waals surface area contributed by atoms with Crippen molar-refractivity contribution in [2.75, 3.05) is 0 Å². The summed E-state index contributed by atoms with van der Waals surface area (Å²) in [6.45, 7) is 0. The number of hydrogen-bond acceptors (Lipinski definition) is 4. The number of fused-ring (bicyclic) bond motifs is 3. The third kappa shape index (κ3) is 6.36. The first-order valence-corrected chi connectivity index (χ1v) is 18.4. The Hall–Kier alpha value is -7.43. The van der Waals surface area contributed by atoms with Crippen LogP contribution in [-0.4, -0.2) is 15.0 Å². The number of hydrogen-bond donors (Lipinski definition) is 0. The predicted molar refractivity (Wildman–Crippen MR) is 225 cm³/mol. The van der Waals surface area contributed by atoms with E-state index in [9.17, 15) is 0 Å². The quantitative estimate of drug-likeness (QED) is 0.166. The normalized spacial score (nSPS) is 11.3. The molecule has 0 N–H and O–H groups in total. The van der Waals surface area contributed by atoms with Crippen molar-refractivity contribution in [3.8, 4) is 78.7 Å². The van der Waals surface area contributed by atoms with Gasteiger partial charge >= 0.3 is 0 Å². The Labute approximate surface area is 319 Å². The summed E-state index contributed by atoms with van der Waals surface area (Å²) in [6, 6.07) is 69.4. The van der Waals surface area contributed by atoms with Crippen molar-refractivity contribution < 1.29 is 4.42 Å². The van der Waals surface area contributed by atoms with Crippen LogP contribution >= 0.6 is 0 Å². The van der Waals surface area contributed by atoms with E-state index in [1.807, 2.05) is 30.3 Å². The lowest BCUT2D eigenvalue weighted by Gasteiger charge is -2.13. The van der Waals surface area contributed by atoms with Crippen LogP contribution < -0.4 is 0 Å². The van der Waals surface area contributed by atoms with E-state index in [1.54, 1.807) is 0 Å². The summed E-state index contributed by atoms with van der Waals surface area (Å²) in [7, 11) is 0. The van der Waals surface area contributed by atoms with E-state index in [0.717, 1.165) is 83.1 Å². The molecule has 0 atom stereocenters. The van der Waals surface area contributed by atoms with Crippen LogP contribution in [0.2, 0.25) is 0 Å². The SMILES string of the molecule is c1ccc(-c2ccc(-c3nc(-c4cccc(-c5ccccc5)c4)nc(-c4cc(-c5ccccc5)cc(-c5ccc6oc7ccccc7c6c5)c4)n3)cc2)cc1. The van der Waals surface area contributed by atoms with Gasteiger partial charge in [-0.2, -0.15) is 0 Å². The molecule has 10 aromatic rings. The Morgan fingerprint density at radius 3 is 1.33 bits per heavy atom. The lowest BCUT2D eigenvalue weighted by Crippen LogP contribution is -2.01. The first-order chi connectivity index (χ1) is 27.2. The molecule has 4 heteroatoms. The summed E-state index contributed by atoms with van der Waals surface area (Å²) in [5.74, 6) is 1.83. The second kappa shape index (κ2) is 13.8. The maximum Gasteiger partial charge on any atom is 0.164 e. The van der Waals surface area contributed by atoms with E-state index in [1.165, 1.54) is 0 Å². The molecule has 0 aliphatic carbocycles. The third-order valence-corrected chi connectivity index (χ3v) is 10.1. The molecule has 2 heterocycles. The van der Waals surface area contributed by atoms with E-state index >= 15 is 0 Å². The average Bonchev–Trinajstić information content (AvgIpc) is 3.65. The molecule has 0 unspecified atom stereocenters. The molecule has 0 aliphatic rings. The van der Waals surface area contributed by atoms with Gasteiger partial charge in [0.2, 0.25) is 0 Å². The number of aromatic nitrogens is 3. The van der Waals surface area contributed by atoms with Crippen molar-refractivity contribution in [3.63, 3.8) is 0 Å². The minimum atomic E-state index is 0.603. The standard InChI is InChI=1S/C51H33N3O/c1-4-13-34(14-5-1)37-23-25-38(26-24-37)49-52-50(41-20-12-19-39(29-41)35-15-6-2-7-16-35)54-51(53-49)44-31-42(36-17-8-3-9-18-36)30-43(32-44)40-27-28-48-46(33-40)45-21-10-11-22-47(45)55-48/h1-33H. The Morgan fingerprint density at radius 2 is 0.636 bits per heavy atom. The summed E-state index contributed by atoms with van der Waals surface area (Å²) in [4.78, 5) is 15.5. The lowest BCUT2D eigenvalue weighted by molar-refractivity contribution is 0.669. The van der Waals surface area contributed by atoms with Crippen molar-refractivity contribution >= 4 is 21.9 Å². The smallest absolute Gasteiger partial charge is 0.164 e. The molecule has 0 bridgehead atoms. The molecule has 0 saturated carbocycles. The van der Waals surface area contributed by atoms with Gasteiger partial charge in [-0.3, -0.25) is 0 Å². The van der Waals surface area contributed by atoms with Gasteiger partial charge in [0.05, 0.1) is 0 Å². The molecular weight excluding hydrogens is 671 g/mol. The van der Waals surface area contributed by atoms with Crippen molar-refractivity contribution in [1.29, 1.82) is 0 Å². The molecule has 0 radical (unpaired) electrons. The number of nitrogens with zero attached hydrogens (tertiary/aromatic N) is 3. The number of rotatable bonds is 7. The molecule has 55 heavy (non-hydrogen) atoms. The summed E-state index contributed by atoms with van der Waals surface area (Å²) >= 11 is 0. The van der Waals surface area contributed by atoms with Gasteiger partial charge in [-0.1, -0.05) is 158 Å². The second-order valence-electron chi connectivity index (χ2n) is 13.7. The Kier molecular flexibility index (Phi) is 8.12. The van der Waals surface area contributed by atoms with Gasteiger partial charge in [0.1, 0.15) is 11.2 Å². The fourth-order valence-electron chi connectivity index (χ4n) is 7.30. The minimum Gasteiger partial charge on any atom is -0.456 e. The number of furan rings is 1. The highest BCUT2D eigenvalue weighted by Gasteiger charge is 2.17. The zero-order valence-electron chi connectivity index (χ0n) is 29.8. The van der Waals surface area contributed by atoms with Crippen LogP contribution in [0.15, 0.2) is 205 Å². The molecule has 0 saturated heterocycles. The zero-order valence-corrected chi connectivity index (χ0v) is 29.8. The highest BCUT2D eigenvalue weighted by atomic mass is 16.3. The van der Waals surface area contributed by atoms with E-state index < -0.39 is 0 Å². The van der Waals surface area contributed by atoms with E-state index in [2.05, 4.69) is 170 Å². The second-order valence-corrected chi connectivity index (χ2v) is 13.7. The molecule has 8 aromatic carbocycles. The molecule has 0 amide bonds. The lowest BCUT2D eigenvalue weighted by atomic mass is 9.95. The van der Waals surface area contributed by atoms with E-state index in [4.69, 9.17) is 19.4 Å². The third-order valence-electron chi connectivity index (χ3n) is 10.1. The van der Waals surface area contributed by atoms with Gasteiger partial charge < -0.3 is 4.42 Å². The molecule has 2 aromatic heterocycles. The fraction of sp³-hybridized carbons (Fsp3) is 0. The predicted octanol–water partition coefficient (Wildman–Crippen LogP) is 13.4. The first kappa shape index (κ1) is 32.2. The number of para-hydroxylation sites is 1. The molecule has 4 nitrogen and oxygen atoms in total. The van der Waals surface area contributed by atoms with Crippen molar-refractivity contribution in [2.45, 2.75) is 0 Å². The summed E-state index contributed by atoms with van der Waals surface area (Å²) in [5, 5.41) is 2.18. The Morgan fingerprint density at radius 1 is 0.236 bits per heavy atom. The average molecular weight is 704 g/mol. The van der Waals surface area contributed by atoms with Gasteiger partial charge in [-0.15, -0.1) is 0 Å². The first-order valence-electron chi connectivity index (χ1n) is 18.4. The van der Waals surface area contributed by atoms with Gasteiger partial charge in [0, 0.05) is 27.5 Å². The van der Waals surface area contributed by atoms with Crippen LogP contribution in [0.1, 0.15) is 0 Å². The molecule has 0 aliphatic heterocycles. The highest BCUT2D eigenvalue weighted by molar-refractivity contribution is 6.06. The van der Waals surface area contributed by atoms with Crippen LogP contribution in [0.25, 0.3) is 101 Å². The monoisotopic (exact) mass is 703 g/mol. The van der Waals surface area contributed by atoms with Crippen LogP contribution in [0, 0.1) is 0 Å². The van der Waals surface area contributed by atoms with Crippen LogP contribution in [0.4, 0.5) is 0 Å². The Bertz CT molecular complexity index is 2950. The van der Waals surface area contributed by atoms with Crippen LogP contribution in [0.3, 0.4) is 0 Å². The molecule has 10 rings (SSSR count). The van der Waals surface area contributed by atoms with Crippen molar-refractivity contribution in [3.05, 3.63) is 200 Å². The molecule has 0 spiro atoms. The highest BCUT2D eigenvalue weighted by Crippen LogP contribution is 2.37. The van der Waals surface area contributed by atoms with Gasteiger partial charge in [-0.25, -0.2) is 15.0 Å². The van der Waals surface area contributed by atoms with Crippen molar-refractivity contribution in [1.82, 2.24) is 15.0 Å². The largest absolute Gasteiger partial charge is 0.456 e. The summed E-state index contributed by atoms with van der Waals surface area (Å²) < 4.78 is 6.18. The summed E-state index contributed by atoms with van der Waals surface area (Å²) in [5.41, 5.74) is 13.4. The van der Waals surface area contributed by atoms with Crippen LogP contribution in [0.5, 0.6) is 0 Å².